The van der Waals surface area contributed by atoms with E-state index < -0.39 is 0 Å². The molecule has 0 aromatic heterocycles. The second kappa shape index (κ2) is 5.90. The van der Waals surface area contributed by atoms with Crippen LogP contribution in [0.2, 0.25) is 0 Å². The van der Waals surface area contributed by atoms with Crippen molar-refractivity contribution in [2.24, 2.45) is 0 Å². The lowest BCUT2D eigenvalue weighted by molar-refractivity contribution is 0.0322. The number of ether oxygens (including phenoxy) is 2. The highest BCUT2D eigenvalue weighted by molar-refractivity contribution is 5.44. The van der Waals surface area contributed by atoms with Crippen LogP contribution in [0, 0.1) is 0 Å². The summed E-state index contributed by atoms with van der Waals surface area (Å²) in [4.78, 5) is 2.36. The van der Waals surface area contributed by atoms with E-state index in [1.54, 1.807) is 0 Å². The molecule has 1 N–H and O–H groups in total. The summed E-state index contributed by atoms with van der Waals surface area (Å²) >= 11 is 0. The van der Waals surface area contributed by atoms with Gasteiger partial charge in [-0.3, -0.25) is 4.90 Å². The molecule has 1 aliphatic heterocycles. The first kappa shape index (κ1) is 12.9. The van der Waals surface area contributed by atoms with Crippen LogP contribution in [-0.2, 0) is 11.2 Å². The maximum atomic E-state index is 9.86. The van der Waals surface area contributed by atoms with E-state index in [1.165, 1.54) is 5.56 Å². The van der Waals surface area contributed by atoms with E-state index >= 15 is 0 Å². The quantitative estimate of drug-likeness (QED) is 0.891. The maximum Gasteiger partial charge on any atom is 0.122 e. The molecule has 1 saturated heterocycles. The van der Waals surface area contributed by atoms with Gasteiger partial charge in [-0.05, 0) is 24.5 Å². The van der Waals surface area contributed by atoms with Gasteiger partial charge in [0, 0.05) is 25.2 Å². The van der Waals surface area contributed by atoms with Crippen molar-refractivity contribution >= 4 is 0 Å². The predicted molar refractivity (Wildman–Crippen MR) is 72.5 cm³/mol. The Morgan fingerprint density at radius 1 is 1.32 bits per heavy atom. The predicted octanol–water partition coefficient (Wildman–Crippen LogP) is 1.38. The van der Waals surface area contributed by atoms with Gasteiger partial charge in [0.25, 0.3) is 0 Å². The number of aliphatic hydroxyl groups excluding tert-OH is 1. The van der Waals surface area contributed by atoms with Crippen molar-refractivity contribution in [1.29, 1.82) is 0 Å². The molecule has 104 valence electrons. The standard InChI is InChI=1S/C15H21NO3/c17-14-5-4-13-12(14)2-1-3-15(13)19-11-8-16-6-9-18-10-7-16/h1-3,14,17H,4-11H2. The highest BCUT2D eigenvalue weighted by atomic mass is 16.5. The fraction of sp³-hybridized carbons (Fsp3) is 0.600. The lowest BCUT2D eigenvalue weighted by Gasteiger charge is -2.26. The molecular formula is C15H21NO3. The number of rotatable bonds is 4. The minimum absolute atomic E-state index is 0.308. The first-order chi connectivity index (χ1) is 9.34. The summed E-state index contributed by atoms with van der Waals surface area (Å²) in [6.07, 6.45) is 1.43. The van der Waals surface area contributed by atoms with Crippen molar-refractivity contribution in [3.8, 4) is 5.75 Å². The van der Waals surface area contributed by atoms with Gasteiger partial charge in [0.2, 0.25) is 0 Å². The van der Waals surface area contributed by atoms with Gasteiger partial charge in [-0.2, -0.15) is 0 Å². The molecule has 1 heterocycles. The third-order valence-electron chi connectivity index (χ3n) is 3.96. The summed E-state index contributed by atoms with van der Waals surface area (Å²) in [7, 11) is 0. The molecule has 1 aliphatic carbocycles. The number of aliphatic hydroxyl groups is 1. The summed E-state index contributed by atoms with van der Waals surface area (Å²) in [5.41, 5.74) is 2.24. The molecule has 0 bridgehead atoms. The molecule has 1 atom stereocenters. The van der Waals surface area contributed by atoms with Crippen molar-refractivity contribution in [2.45, 2.75) is 18.9 Å². The average Bonchev–Trinajstić information content (AvgIpc) is 2.83. The molecule has 4 nitrogen and oxygen atoms in total. The zero-order chi connectivity index (χ0) is 13.1. The first-order valence-corrected chi connectivity index (χ1v) is 7.07. The number of hydrogen-bond acceptors (Lipinski definition) is 4. The number of fused-ring (bicyclic) bond motifs is 1. The Bertz CT molecular complexity index is 429. The SMILES string of the molecule is OC1CCc2c(OCCN3CCOCC3)cccc21. The van der Waals surface area contributed by atoms with E-state index in [2.05, 4.69) is 4.90 Å². The third-order valence-corrected chi connectivity index (χ3v) is 3.96. The van der Waals surface area contributed by atoms with Crippen molar-refractivity contribution in [2.75, 3.05) is 39.5 Å². The lowest BCUT2D eigenvalue weighted by atomic mass is 10.1. The minimum Gasteiger partial charge on any atom is -0.492 e. The van der Waals surface area contributed by atoms with Gasteiger partial charge in [0.05, 0.1) is 19.3 Å². The van der Waals surface area contributed by atoms with Gasteiger partial charge in [-0.15, -0.1) is 0 Å². The zero-order valence-electron chi connectivity index (χ0n) is 11.2. The van der Waals surface area contributed by atoms with Crippen LogP contribution in [0.1, 0.15) is 23.7 Å². The van der Waals surface area contributed by atoms with Gasteiger partial charge in [0.15, 0.2) is 0 Å². The molecule has 1 aromatic carbocycles. The minimum atomic E-state index is -0.308. The normalized spacial score (nSPS) is 23.3. The van der Waals surface area contributed by atoms with Crippen LogP contribution in [0.3, 0.4) is 0 Å². The first-order valence-electron chi connectivity index (χ1n) is 7.07. The van der Waals surface area contributed by atoms with Gasteiger partial charge in [-0.1, -0.05) is 12.1 Å². The number of benzene rings is 1. The van der Waals surface area contributed by atoms with Crippen molar-refractivity contribution < 1.29 is 14.6 Å². The fourth-order valence-electron chi connectivity index (χ4n) is 2.84. The Kier molecular flexibility index (Phi) is 4.01. The van der Waals surface area contributed by atoms with Crippen molar-refractivity contribution in [3.05, 3.63) is 29.3 Å². The van der Waals surface area contributed by atoms with Crippen molar-refractivity contribution in [3.63, 3.8) is 0 Å². The Morgan fingerprint density at radius 3 is 3.00 bits per heavy atom. The average molecular weight is 263 g/mol. The van der Waals surface area contributed by atoms with Gasteiger partial charge < -0.3 is 14.6 Å². The highest BCUT2D eigenvalue weighted by Crippen LogP contribution is 2.36. The summed E-state index contributed by atoms with van der Waals surface area (Å²) in [5, 5.41) is 9.86. The topological polar surface area (TPSA) is 41.9 Å². The van der Waals surface area contributed by atoms with E-state index in [0.29, 0.717) is 6.61 Å². The summed E-state index contributed by atoms with van der Waals surface area (Å²) in [5.74, 6) is 0.947. The Labute approximate surface area is 113 Å². The third kappa shape index (κ3) is 2.91. The molecule has 3 rings (SSSR count). The van der Waals surface area contributed by atoms with Gasteiger partial charge >= 0.3 is 0 Å². The van der Waals surface area contributed by atoms with E-state index in [0.717, 1.165) is 57.0 Å². The van der Waals surface area contributed by atoms with Crippen LogP contribution in [0.5, 0.6) is 5.75 Å². The molecule has 1 fully saturated rings. The van der Waals surface area contributed by atoms with Crippen LogP contribution < -0.4 is 4.74 Å². The number of morpholine rings is 1. The lowest BCUT2D eigenvalue weighted by Crippen LogP contribution is -2.38. The Hall–Kier alpha value is -1.10. The Morgan fingerprint density at radius 2 is 2.16 bits per heavy atom. The summed E-state index contributed by atoms with van der Waals surface area (Å²) in [6, 6.07) is 5.98. The highest BCUT2D eigenvalue weighted by Gasteiger charge is 2.23. The fourth-order valence-corrected chi connectivity index (χ4v) is 2.84. The van der Waals surface area contributed by atoms with Crippen LogP contribution in [-0.4, -0.2) is 49.5 Å². The molecule has 0 amide bonds. The molecule has 0 saturated carbocycles. The van der Waals surface area contributed by atoms with Gasteiger partial charge in [0.1, 0.15) is 12.4 Å². The molecule has 19 heavy (non-hydrogen) atoms. The molecule has 0 radical (unpaired) electrons. The van der Waals surface area contributed by atoms with Crippen molar-refractivity contribution in [1.82, 2.24) is 4.90 Å². The van der Waals surface area contributed by atoms with Crippen LogP contribution in [0.4, 0.5) is 0 Å². The van der Waals surface area contributed by atoms with E-state index in [4.69, 9.17) is 9.47 Å². The van der Waals surface area contributed by atoms with Crippen LogP contribution >= 0.6 is 0 Å². The van der Waals surface area contributed by atoms with E-state index in [-0.39, 0.29) is 6.10 Å². The largest absolute Gasteiger partial charge is 0.492 e. The summed E-state index contributed by atoms with van der Waals surface area (Å²) in [6.45, 7) is 5.28. The van der Waals surface area contributed by atoms with E-state index in [9.17, 15) is 5.11 Å². The number of hydrogen-bond donors (Lipinski definition) is 1. The van der Waals surface area contributed by atoms with Crippen LogP contribution in [0.25, 0.3) is 0 Å². The molecule has 0 spiro atoms. The maximum absolute atomic E-state index is 9.86. The molecular weight excluding hydrogens is 242 g/mol. The summed E-state index contributed by atoms with van der Waals surface area (Å²) < 4.78 is 11.2. The second-order valence-electron chi connectivity index (χ2n) is 5.18. The molecule has 1 unspecified atom stereocenters. The second-order valence-corrected chi connectivity index (χ2v) is 5.18. The Balaban J connectivity index is 1.55. The smallest absolute Gasteiger partial charge is 0.122 e. The van der Waals surface area contributed by atoms with E-state index in [1.807, 2.05) is 18.2 Å². The van der Waals surface area contributed by atoms with Crippen LogP contribution in [0.15, 0.2) is 18.2 Å². The molecule has 2 aliphatic rings. The molecule has 1 aromatic rings. The molecule has 4 heteroatoms. The van der Waals surface area contributed by atoms with Gasteiger partial charge in [-0.25, -0.2) is 0 Å². The zero-order valence-corrected chi connectivity index (χ0v) is 11.2. The number of nitrogens with zero attached hydrogens (tertiary/aromatic N) is 1. The monoisotopic (exact) mass is 263 g/mol.